The Hall–Kier alpha value is -1.50. The third-order valence-corrected chi connectivity index (χ3v) is 4.00. The quantitative estimate of drug-likeness (QED) is 0.811. The van der Waals surface area contributed by atoms with E-state index in [4.69, 9.17) is 17.3 Å². The maximum atomic E-state index is 12.6. The van der Waals surface area contributed by atoms with Crippen LogP contribution in [0.15, 0.2) is 18.2 Å². The minimum Gasteiger partial charge on any atom is -0.339 e. The average molecular weight is 305 g/mol. The van der Waals surface area contributed by atoms with Crippen molar-refractivity contribution in [2.45, 2.75) is 32.1 Å². The normalized spacial score (nSPS) is 15.6. The molecule has 112 valence electrons. The molecule has 2 N–H and O–H groups in total. The number of carbonyl (C=O) groups is 1. The van der Waals surface area contributed by atoms with Gasteiger partial charge in [0.15, 0.2) is 0 Å². The largest absolute Gasteiger partial charge is 0.339 e. The molecule has 0 saturated carbocycles. The third-order valence-electron chi connectivity index (χ3n) is 3.68. The van der Waals surface area contributed by atoms with E-state index >= 15 is 0 Å². The summed E-state index contributed by atoms with van der Waals surface area (Å²) < 4.78 is 0. The van der Waals surface area contributed by atoms with E-state index in [2.05, 4.69) is 11.8 Å². The Morgan fingerprint density at radius 1 is 1.19 bits per heavy atom. The molecule has 0 aromatic heterocycles. The molecule has 0 bridgehead atoms. The van der Waals surface area contributed by atoms with Crippen LogP contribution in [-0.4, -0.2) is 30.4 Å². The zero-order valence-corrected chi connectivity index (χ0v) is 13.0. The zero-order chi connectivity index (χ0) is 15.1. The van der Waals surface area contributed by atoms with Crippen molar-refractivity contribution in [2.24, 2.45) is 5.73 Å². The molecule has 3 nitrogen and oxygen atoms in total. The van der Waals surface area contributed by atoms with Crippen molar-refractivity contribution in [3.05, 3.63) is 34.3 Å². The van der Waals surface area contributed by atoms with Gasteiger partial charge in [-0.15, -0.1) is 0 Å². The summed E-state index contributed by atoms with van der Waals surface area (Å²) in [6, 6.07) is 5.30. The highest BCUT2D eigenvalue weighted by Gasteiger charge is 2.17. The van der Waals surface area contributed by atoms with Crippen LogP contribution in [0, 0.1) is 11.8 Å². The third kappa shape index (κ3) is 4.49. The molecule has 1 aromatic rings. The summed E-state index contributed by atoms with van der Waals surface area (Å²) in [6.45, 7) is 1.97. The van der Waals surface area contributed by atoms with Crippen LogP contribution < -0.4 is 5.73 Å². The first kappa shape index (κ1) is 15.9. The van der Waals surface area contributed by atoms with Gasteiger partial charge in [0.25, 0.3) is 5.91 Å². The molecule has 1 aliphatic heterocycles. The van der Waals surface area contributed by atoms with E-state index in [9.17, 15) is 4.79 Å². The first-order valence-electron chi connectivity index (χ1n) is 7.50. The molecule has 0 spiro atoms. The molecular formula is C17H21ClN2O. The van der Waals surface area contributed by atoms with Gasteiger partial charge in [-0.2, -0.15) is 0 Å². The van der Waals surface area contributed by atoms with Gasteiger partial charge >= 0.3 is 0 Å². The van der Waals surface area contributed by atoms with Crippen LogP contribution in [-0.2, 0) is 0 Å². The second-order valence-corrected chi connectivity index (χ2v) is 5.67. The molecule has 0 unspecified atom stereocenters. The Kier molecular flexibility index (Phi) is 6.10. The number of nitrogens with two attached hydrogens (primary N) is 1. The van der Waals surface area contributed by atoms with Crippen molar-refractivity contribution in [1.29, 1.82) is 0 Å². The summed E-state index contributed by atoms with van der Waals surface area (Å²) in [5, 5.41) is 0.508. The first-order chi connectivity index (χ1) is 10.2. The van der Waals surface area contributed by atoms with Crippen LogP contribution in [0.1, 0.15) is 48.0 Å². The van der Waals surface area contributed by atoms with Gasteiger partial charge in [0, 0.05) is 24.2 Å². The summed E-state index contributed by atoms with van der Waals surface area (Å²) in [4.78, 5) is 14.5. The molecule has 1 fully saturated rings. The van der Waals surface area contributed by atoms with E-state index in [0.717, 1.165) is 25.9 Å². The number of rotatable bonds is 1. The Morgan fingerprint density at radius 2 is 1.86 bits per heavy atom. The molecule has 21 heavy (non-hydrogen) atoms. The van der Waals surface area contributed by atoms with E-state index in [1.807, 2.05) is 4.90 Å². The Balaban J connectivity index is 2.12. The predicted octanol–water partition coefficient (Wildman–Crippen LogP) is 3.06. The van der Waals surface area contributed by atoms with Crippen molar-refractivity contribution in [2.75, 3.05) is 19.6 Å². The van der Waals surface area contributed by atoms with Crippen LogP contribution in [0.4, 0.5) is 0 Å². The lowest BCUT2D eigenvalue weighted by molar-refractivity contribution is 0.0742. The predicted molar refractivity (Wildman–Crippen MR) is 86.4 cm³/mol. The number of hydrogen-bond donors (Lipinski definition) is 1. The topological polar surface area (TPSA) is 46.3 Å². The van der Waals surface area contributed by atoms with Crippen LogP contribution in [0.2, 0.25) is 5.02 Å². The van der Waals surface area contributed by atoms with Gasteiger partial charge in [-0.05, 0) is 31.0 Å². The summed E-state index contributed by atoms with van der Waals surface area (Å²) in [5.41, 5.74) is 6.70. The van der Waals surface area contributed by atoms with E-state index in [1.54, 1.807) is 18.2 Å². The van der Waals surface area contributed by atoms with Crippen LogP contribution in [0.25, 0.3) is 0 Å². The number of carbonyl (C=O) groups excluding carboxylic acids is 1. The molecule has 0 radical (unpaired) electrons. The number of halogens is 1. The van der Waals surface area contributed by atoms with Crippen LogP contribution >= 0.6 is 11.6 Å². The fraction of sp³-hybridized carbons (Fsp3) is 0.471. The molecule has 1 aromatic carbocycles. The van der Waals surface area contributed by atoms with Gasteiger partial charge in [-0.25, -0.2) is 0 Å². The highest BCUT2D eigenvalue weighted by Crippen LogP contribution is 2.19. The number of amides is 1. The van der Waals surface area contributed by atoms with Crippen LogP contribution in [0.3, 0.4) is 0 Å². The molecule has 2 rings (SSSR count). The zero-order valence-electron chi connectivity index (χ0n) is 12.2. The maximum absolute atomic E-state index is 12.6. The SMILES string of the molecule is NCC#Cc1ccc(C(=O)N2CCCCCCC2)cc1Cl. The monoisotopic (exact) mass is 304 g/mol. The lowest BCUT2D eigenvalue weighted by Crippen LogP contribution is -2.33. The molecule has 0 atom stereocenters. The van der Waals surface area contributed by atoms with E-state index < -0.39 is 0 Å². The maximum Gasteiger partial charge on any atom is 0.253 e. The molecule has 4 heteroatoms. The van der Waals surface area contributed by atoms with Gasteiger partial charge in [-0.3, -0.25) is 4.79 Å². The van der Waals surface area contributed by atoms with Crippen molar-refractivity contribution in [3.8, 4) is 11.8 Å². The first-order valence-corrected chi connectivity index (χ1v) is 7.88. The molecule has 1 heterocycles. The average Bonchev–Trinajstić information content (AvgIpc) is 2.45. The standard InChI is InChI=1S/C17H21ClN2O/c18-16-13-15(9-8-14(16)7-6-10-19)17(21)20-11-4-2-1-3-5-12-20/h8-9,13H,1-5,10-12,19H2. The summed E-state index contributed by atoms with van der Waals surface area (Å²) in [7, 11) is 0. The van der Waals surface area contributed by atoms with Crippen molar-refractivity contribution in [3.63, 3.8) is 0 Å². The molecule has 1 saturated heterocycles. The second-order valence-electron chi connectivity index (χ2n) is 5.26. The van der Waals surface area contributed by atoms with Gasteiger partial charge in [0.1, 0.15) is 0 Å². The van der Waals surface area contributed by atoms with Gasteiger partial charge in [0.05, 0.1) is 11.6 Å². The van der Waals surface area contributed by atoms with Crippen molar-refractivity contribution in [1.82, 2.24) is 4.90 Å². The van der Waals surface area contributed by atoms with Gasteiger partial charge < -0.3 is 10.6 Å². The number of likely N-dealkylation sites (tertiary alicyclic amines) is 1. The number of nitrogens with zero attached hydrogens (tertiary/aromatic N) is 1. The summed E-state index contributed by atoms with van der Waals surface area (Å²) in [5.74, 6) is 5.74. The number of benzene rings is 1. The van der Waals surface area contributed by atoms with Crippen molar-refractivity contribution < 1.29 is 4.79 Å². The minimum absolute atomic E-state index is 0.0668. The Morgan fingerprint density at radius 3 is 2.48 bits per heavy atom. The van der Waals surface area contributed by atoms with Gasteiger partial charge in [-0.1, -0.05) is 42.7 Å². The van der Waals surface area contributed by atoms with E-state index in [1.165, 1.54) is 19.3 Å². The fourth-order valence-corrected chi connectivity index (χ4v) is 2.76. The van der Waals surface area contributed by atoms with E-state index in [0.29, 0.717) is 22.7 Å². The summed E-state index contributed by atoms with van der Waals surface area (Å²) in [6.07, 6.45) is 5.86. The lowest BCUT2D eigenvalue weighted by atomic mass is 10.1. The summed E-state index contributed by atoms with van der Waals surface area (Å²) >= 11 is 6.19. The number of hydrogen-bond acceptors (Lipinski definition) is 2. The molecule has 0 aliphatic carbocycles. The highest BCUT2D eigenvalue weighted by atomic mass is 35.5. The smallest absolute Gasteiger partial charge is 0.253 e. The molecular weight excluding hydrogens is 284 g/mol. The van der Waals surface area contributed by atoms with Crippen LogP contribution in [0.5, 0.6) is 0 Å². The molecule has 1 aliphatic rings. The Labute approximate surface area is 131 Å². The van der Waals surface area contributed by atoms with Crippen molar-refractivity contribution >= 4 is 17.5 Å². The second kappa shape index (κ2) is 8.07. The fourth-order valence-electron chi connectivity index (χ4n) is 2.53. The Bertz CT molecular complexity index is 552. The lowest BCUT2D eigenvalue weighted by Gasteiger charge is -2.25. The highest BCUT2D eigenvalue weighted by molar-refractivity contribution is 6.32. The molecule has 1 amide bonds. The minimum atomic E-state index is 0.0668. The van der Waals surface area contributed by atoms with E-state index in [-0.39, 0.29) is 5.91 Å². The van der Waals surface area contributed by atoms with Gasteiger partial charge in [0.2, 0.25) is 0 Å².